The Balaban J connectivity index is 1.57. The van der Waals surface area contributed by atoms with Crippen molar-refractivity contribution in [1.82, 2.24) is 15.1 Å². The van der Waals surface area contributed by atoms with Crippen molar-refractivity contribution in [2.45, 2.75) is 32.4 Å². The van der Waals surface area contributed by atoms with Gasteiger partial charge in [0.2, 0.25) is 0 Å². The summed E-state index contributed by atoms with van der Waals surface area (Å²) in [7, 11) is 3.41. The van der Waals surface area contributed by atoms with Gasteiger partial charge in [-0.2, -0.15) is 0 Å². The third kappa shape index (κ3) is 5.20. The van der Waals surface area contributed by atoms with Crippen molar-refractivity contribution in [3.8, 4) is 0 Å². The maximum Gasteiger partial charge on any atom is 0.253 e. The van der Waals surface area contributed by atoms with E-state index in [-0.39, 0.29) is 11.8 Å². The molecule has 2 aromatic rings. The van der Waals surface area contributed by atoms with Gasteiger partial charge in [-0.15, -0.1) is 0 Å². The summed E-state index contributed by atoms with van der Waals surface area (Å²) in [6.07, 6.45) is 3.90. The fourth-order valence-corrected chi connectivity index (χ4v) is 3.60. The fourth-order valence-electron chi connectivity index (χ4n) is 3.60. The molecule has 2 amide bonds. The molecule has 0 bridgehead atoms. The zero-order valence-electron chi connectivity index (χ0n) is 16.8. The molecule has 1 fully saturated rings. The zero-order chi connectivity index (χ0) is 19.9. The van der Waals surface area contributed by atoms with Crippen LogP contribution in [0.15, 0.2) is 48.5 Å². The van der Waals surface area contributed by atoms with E-state index < -0.39 is 0 Å². The van der Waals surface area contributed by atoms with E-state index in [1.165, 1.54) is 37.9 Å². The lowest BCUT2D eigenvalue weighted by molar-refractivity contribution is 0.0784. The molecule has 0 atom stereocenters. The minimum absolute atomic E-state index is 0.0000923. The molecule has 0 unspecified atom stereocenters. The highest BCUT2D eigenvalue weighted by Gasteiger charge is 2.14. The Hall–Kier alpha value is -2.66. The number of hydrogen-bond donors (Lipinski definition) is 1. The number of likely N-dealkylation sites (tertiary alicyclic amines) is 1. The minimum atomic E-state index is -0.111. The third-order valence-electron chi connectivity index (χ3n) is 5.27. The Morgan fingerprint density at radius 1 is 0.893 bits per heavy atom. The predicted molar refractivity (Wildman–Crippen MR) is 111 cm³/mol. The van der Waals surface area contributed by atoms with E-state index in [4.69, 9.17) is 0 Å². The van der Waals surface area contributed by atoms with Gasteiger partial charge in [0.1, 0.15) is 0 Å². The van der Waals surface area contributed by atoms with Crippen LogP contribution < -0.4 is 5.32 Å². The summed E-state index contributed by atoms with van der Waals surface area (Å²) in [5.41, 5.74) is 3.56. The molecule has 5 heteroatoms. The summed E-state index contributed by atoms with van der Waals surface area (Å²) < 4.78 is 0. The van der Waals surface area contributed by atoms with Gasteiger partial charge in [0.15, 0.2) is 0 Å². The highest BCUT2D eigenvalue weighted by molar-refractivity contribution is 5.94. The maximum absolute atomic E-state index is 12.7. The average Bonchev–Trinajstić information content (AvgIpc) is 2.74. The number of hydrogen-bond acceptors (Lipinski definition) is 3. The fraction of sp³-hybridized carbons (Fsp3) is 0.391. The normalized spacial score (nSPS) is 14.5. The largest absolute Gasteiger partial charge is 0.355 e. The number of amides is 2. The van der Waals surface area contributed by atoms with E-state index in [2.05, 4.69) is 22.3 Å². The molecule has 1 heterocycles. The van der Waals surface area contributed by atoms with Gasteiger partial charge in [0.05, 0.1) is 0 Å². The van der Waals surface area contributed by atoms with E-state index in [0.29, 0.717) is 17.7 Å². The lowest BCUT2D eigenvalue weighted by Crippen LogP contribution is -2.29. The van der Waals surface area contributed by atoms with Crippen LogP contribution in [0.5, 0.6) is 0 Å². The summed E-state index contributed by atoms with van der Waals surface area (Å²) in [5, 5.41) is 2.60. The van der Waals surface area contributed by atoms with Crippen LogP contribution in [0.1, 0.15) is 51.1 Å². The van der Waals surface area contributed by atoms with Crippen molar-refractivity contribution in [2.75, 3.05) is 27.2 Å². The Labute approximate surface area is 167 Å². The average molecular weight is 380 g/mol. The Bertz CT molecular complexity index is 794. The predicted octanol–water partition coefficient (Wildman–Crippen LogP) is 3.30. The van der Waals surface area contributed by atoms with Crippen molar-refractivity contribution in [2.24, 2.45) is 0 Å². The molecule has 3 rings (SSSR count). The molecule has 148 valence electrons. The quantitative estimate of drug-likeness (QED) is 0.838. The summed E-state index contributed by atoms with van der Waals surface area (Å²) in [6.45, 7) is 3.80. The number of rotatable bonds is 6. The van der Waals surface area contributed by atoms with Gasteiger partial charge in [-0.3, -0.25) is 14.5 Å². The molecule has 0 aromatic heterocycles. The first kappa shape index (κ1) is 20.1. The Kier molecular flexibility index (Phi) is 6.82. The van der Waals surface area contributed by atoms with Gasteiger partial charge in [-0.25, -0.2) is 0 Å². The Morgan fingerprint density at radius 2 is 1.46 bits per heavy atom. The zero-order valence-corrected chi connectivity index (χ0v) is 16.8. The second-order valence-electron chi connectivity index (χ2n) is 7.47. The molecule has 0 radical (unpaired) electrons. The lowest BCUT2D eigenvalue weighted by atomic mass is 10.1. The first-order chi connectivity index (χ1) is 13.6. The van der Waals surface area contributed by atoms with Crippen molar-refractivity contribution in [3.63, 3.8) is 0 Å². The maximum atomic E-state index is 12.7. The second kappa shape index (κ2) is 9.51. The van der Waals surface area contributed by atoms with E-state index in [0.717, 1.165) is 12.1 Å². The van der Waals surface area contributed by atoms with Crippen molar-refractivity contribution in [1.29, 1.82) is 0 Å². The van der Waals surface area contributed by atoms with E-state index in [1.807, 2.05) is 24.3 Å². The highest BCUT2D eigenvalue weighted by Crippen LogP contribution is 2.15. The first-order valence-electron chi connectivity index (χ1n) is 9.94. The van der Waals surface area contributed by atoms with Gasteiger partial charge in [0, 0.05) is 38.3 Å². The number of nitrogens with one attached hydrogen (secondary N) is 1. The first-order valence-corrected chi connectivity index (χ1v) is 9.94. The third-order valence-corrected chi connectivity index (χ3v) is 5.27. The van der Waals surface area contributed by atoms with Gasteiger partial charge < -0.3 is 10.2 Å². The number of benzene rings is 2. The molecule has 1 aliphatic rings. The molecular formula is C23H29N3O2. The van der Waals surface area contributed by atoms with Crippen LogP contribution in [0.25, 0.3) is 0 Å². The molecule has 28 heavy (non-hydrogen) atoms. The van der Waals surface area contributed by atoms with Gasteiger partial charge in [-0.1, -0.05) is 30.7 Å². The summed E-state index contributed by atoms with van der Waals surface area (Å²) in [4.78, 5) is 28.5. The van der Waals surface area contributed by atoms with E-state index in [9.17, 15) is 9.59 Å². The molecule has 1 N–H and O–H groups in total. The van der Waals surface area contributed by atoms with Gasteiger partial charge in [0.25, 0.3) is 11.8 Å². The number of carbonyl (C=O) groups is 2. The Morgan fingerprint density at radius 3 is 2.07 bits per heavy atom. The molecular weight excluding hydrogens is 350 g/mol. The molecule has 0 saturated carbocycles. The van der Waals surface area contributed by atoms with Crippen LogP contribution in [-0.2, 0) is 13.1 Å². The van der Waals surface area contributed by atoms with Gasteiger partial charge in [-0.05, 0) is 61.3 Å². The van der Waals surface area contributed by atoms with Gasteiger partial charge >= 0.3 is 0 Å². The molecule has 0 aliphatic carbocycles. The topological polar surface area (TPSA) is 52.7 Å². The van der Waals surface area contributed by atoms with E-state index >= 15 is 0 Å². The van der Waals surface area contributed by atoms with E-state index in [1.54, 1.807) is 31.1 Å². The van der Waals surface area contributed by atoms with Crippen molar-refractivity contribution >= 4 is 11.8 Å². The lowest BCUT2D eigenvalue weighted by Gasteiger charge is -2.26. The second-order valence-corrected chi connectivity index (χ2v) is 7.47. The molecule has 1 aliphatic heterocycles. The number of nitrogens with zero attached hydrogens (tertiary/aromatic N) is 2. The summed E-state index contributed by atoms with van der Waals surface area (Å²) in [6, 6.07) is 15.3. The van der Waals surface area contributed by atoms with Crippen LogP contribution in [-0.4, -0.2) is 48.8 Å². The summed E-state index contributed by atoms with van der Waals surface area (Å²) >= 11 is 0. The van der Waals surface area contributed by atoms with Crippen molar-refractivity contribution < 1.29 is 9.59 Å². The summed E-state index contributed by atoms with van der Waals surface area (Å²) in [5.74, 6) is -0.111. The highest BCUT2D eigenvalue weighted by atomic mass is 16.2. The van der Waals surface area contributed by atoms with Crippen LogP contribution in [0, 0.1) is 0 Å². The number of piperidine rings is 1. The monoisotopic (exact) mass is 379 g/mol. The van der Waals surface area contributed by atoms with Crippen LogP contribution in [0.4, 0.5) is 0 Å². The minimum Gasteiger partial charge on any atom is -0.355 e. The number of carbonyl (C=O) groups excluding carboxylic acids is 2. The SMILES string of the molecule is CNC(=O)c1ccc(CN(C)C(=O)c2ccc(CN3CCCCC3)cc2)cc1. The standard InChI is InChI=1S/C23H29N3O2/c1-24-22(27)20-10-6-18(7-11-20)16-25(2)23(28)21-12-8-19(9-13-21)17-26-14-4-3-5-15-26/h6-13H,3-5,14-17H2,1-2H3,(H,24,27). The molecule has 2 aromatic carbocycles. The molecule has 5 nitrogen and oxygen atoms in total. The van der Waals surface area contributed by atoms with Crippen molar-refractivity contribution in [3.05, 3.63) is 70.8 Å². The van der Waals surface area contributed by atoms with Crippen LogP contribution >= 0.6 is 0 Å². The smallest absolute Gasteiger partial charge is 0.253 e. The molecule has 1 saturated heterocycles. The molecule has 0 spiro atoms. The van der Waals surface area contributed by atoms with Crippen LogP contribution in [0.2, 0.25) is 0 Å². The van der Waals surface area contributed by atoms with Crippen LogP contribution in [0.3, 0.4) is 0 Å².